The second-order valence-electron chi connectivity index (χ2n) is 5.99. The molecule has 1 aromatic carbocycles. The van der Waals surface area contributed by atoms with E-state index in [2.05, 4.69) is 27.6 Å². The Kier molecular flexibility index (Phi) is 4.35. The molecule has 1 aromatic heterocycles. The molecular formula is C17H21N3O2S. The number of rotatable bonds is 3. The van der Waals surface area contributed by atoms with Crippen molar-refractivity contribution in [3.63, 3.8) is 0 Å². The molecule has 0 bridgehead atoms. The zero-order chi connectivity index (χ0) is 16.6. The first-order chi connectivity index (χ1) is 11.0. The molecule has 1 aliphatic rings. The first kappa shape index (κ1) is 15.9. The van der Waals surface area contributed by atoms with Gasteiger partial charge in [-0.3, -0.25) is 9.89 Å². The van der Waals surface area contributed by atoms with Gasteiger partial charge in [-0.15, -0.1) is 11.8 Å². The number of ether oxygens (including phenoxy) is 1. The van der Waals surface area contributed by atoms with Crippen molar-refractivity contribution in [2.24, 2.45) is 0 Å². The number of carbonyl (C=O) groups is 1. The zero-order valence-electron chi connectivity index (χ0n) is 13.7. The molecule has 0 unspecified atom stereocenters. The summed E-state index contributed by atoms with van der Waals surface area (Å²) in [6.07, 6.45) is 0.151. The van der Waals surface area contributed by atoms with E-state index in [0.717, 1.165) is 22.6 Å². The number of aryl methyl sites for hydroxylation is 1. The summed E-state index contributed by atoms with van der Waals surface area (Å²) in [6.45, 7) is 7.93. The van der Waals surface area contributed by atoms with Crippen LogP contribution < -0.4 is 10.1 Å². The Morgan fingerprint density at radius 1 is 1.26 bits per heavy atom. The molecule has 0 fully saturated rings. The van der Waals surface area contributed by atoms with Crippen LogP contribution in [-0.2, 0) is 4.79 Å². The van der Waals surface area contributed by atoms with Crippen LogP contribution >= 0.6 is 11.8 Å². The number of hydrogen-bond donors (Lipinski definition) is 2. The molecule has 2 aromatic rings. The predicted octanol–water partition coefficient (Wildman–Crippen LogP) is 3.67. The summed E-state index contributed by atoms with van der Waals surface area (Å²) in [7, 11) is 0. The van der Waals surface area contributed by atoms with Gasteiger partial charge in [0.05, 0.1) is 16.6 Å². The van der Waals surface area contributed by atoms with E-state index in [4.69, 9.17) is 4.74 Å². The Morgan fingerprint density at radius 2 is 1.96 bits per heavy atom. The molecule has 2 atom stereocenters. The molecule has 6 heteroatoms. The Balaban J connectivity index is 1.97. The highest BCUT2D eigenvalue weighted by Gasteiger charge is 2.32. The molecule has 3 rings (SSSR count). The van der Waals surface area contributed by atoms with Crippen LogP contribution in [0, 0.1) is 6.92 Å². The van der Waals surface area contributed by atoms with E-state index >= 15 is 0 Å². The smallest absolute Gasteiger partial charge is 0.238 e. The minimum Gasteiger partial charge on any atom is -0.491 e. The van der Waals surface area contributed by atoms with E-state index in [0.29, 0.717) is 5.82 Å². The number of carbonyl (C=O) groups excluding carboxylic acids is 1. The maximum absolute atomic E-state index is 12.1. The molecule has 0 aliphatic carbocycles. The van der Waals surface area contributed by atoms with Crippen molar-refractivity contribution in [2.45, 2.75) is 44.3 Å². The number of benzene rings is 1. The fourth-order valence-electron chi connectivity index (χ4n) is 2.64. The van der Waals surface area contributed by atoms with Crippen molar-refractivity contribution in [2.75, 3.05) is 5.32 Å². The van der Waals surface area contributed by atoms with Crippen LogP contribution in [0.15, 0.2) is 24.3 Å². The van der Waals surface area contributed by atoms with Gasteiger partial charge in [0.1, 0.15) is 5.75 Å². The molecule has 2 heterocycles. The van der Waals surface area contributed by atoms with Crippen molar-refractivity contribution in [3.8, 4) is 5.75 Å². The van der Waals surface area contributed by atoms with Gasteiger partial charge in [0.25, 0.3) is 0 Å². The van der Waals surface area contributed by atoms with Crippen LogP contribution in [0.5, 0.6) is 5.75 Å². The van der Waals surface area contributed by atoms with Gasteiger partial charge in [0.2, 0.25) is 5.91 Å². The van der Waals surface area contributed by atoms with E-state index in [9.17, 15) is 4.79 Å². The average molecular weight is 331 g/mol. The van der Waals surface area contributed by atoms with E-state index in [-0.39, 0.29) is 22.5 Å². The highest BCUT2D eigenvalue weighted by molar-refractivity contribution is 8.01. The number of hydrogen-bond acceptors (Lipinski definition) is 4. The summed E-state index contributed by atoms with van der Waals surface area (Å²) < 4.78 is 5.71. The van der Waals surface area contributed by atoms with Gasteiger partial charge in [-0.1, -0.05) is 12.1 Å². The van der Waals surface area contributed by atoms with Crippen LogP contribution in [0.4, 0.5) is 5.82 Å². The van der Waals surface area contributed by atoms with Gasteiger partial charge < -0.3 is 10.1 Å². The molecule has 0 saturated heterocycles. The quantitative estimate of drug-likeness (QED) is 0.900. The molecule has 0 saturated carbocycles. The molecule has 122 valence electrons. The highest BCUT2D eigenvalue weighted by Crippen LogP contribution is 2.44. The van der Waals surface area contributed by atoms with Crippen molar-refractivity contribution in [1.82, 2.24) is 10.2 Å². The van der Waals surface area contributed by atoms with Crippen molar-refractivity contribution in [3.05, 3.63) is 41.1 Å². The second-order valence-corrected chi connectivity index (χ2v) is 7.44. The summed E-state index contributed by atoms with van der Waals surface area (Å²) in [4.78, 5) is 12.1. The Labute approximate surface area is 140 Å². The molecule has 1 aliphatic heterocycles. The normalized spacial score (nSPS) is 20.8. The van der Waals surface area contributed by atoms with E-state index in [1.165, 1.54) is 0 Å². The summed E-state index contributed by atoms with van der Waals surface area (Å²) in [6, 6.07) is 8.09. The Hall–Kier alpha value is -1.95. The lowest BCUT2D eigenvalue weighted by Crippen LogP contribution is -2.21. The number of anilines is 1. The number of amides is 1. The fraction of sp³-hybridized carbons (Fsp3) is 0.412. The largest absolute Gasteiger partial charge is 0.491 e. The number of thioether (sulfide) groups is 1. The zero-order valence-corrected chi connectivity index (χ0v) is 14.5. The lowest BCUT2D eigenvalue weighted by Gasteiger charge is -2.18. The molecule has 0 radical (unpaired) electrons. The maximum Gasteiger partial charge on any atom is 0.238 e. The SMILES string of the molecule is Cc1[nH]nc2c1[C@H](c1ccc(OC(C)C)cc1)S[C@H](C)C(=O)N2. The number of H-pyrrole nitrogens is 1. The standard InChI is InChI=1S/C17H21N3O2S/c1-9(2)22-13-7-5-12(6-8-13)15-14-10(3)19-20-16(14)18-17(21)11(4)23-15/h5-9,11,15H,1-4H3,(H2,18,19,20,21)/t11-,15+/m1/s1. The van der Waals surface area contributed by atoms with Crippen molar-refractivity contribution < 1.29 is 9.53 Å². The average Bonchev–Trinajstić information content (AvgIpc) is 2.79. The van der Waals surface area contributed by atoms with Gasteiger partial charge >= 0.3 is 0 Å². The topological polar surface area (TPSA) is 67.0 Å². The lowest BCUT2D eigenvalue weighted by molar-refractivity contribution is -0.115. The Morgan fingerprint density at radius 3 is 2.61 bits per heavy atom. The minimum absolute atomic E-state index is 0.00925. The third-order valence-electron chi connectivity index (χ3n) is 3.76. The van der Waals surface area contributed by atoms with Gasteiger partial charge in [-0.25, -0.2) is 0 Å². The summed E-state index contributed by atoms with van der Waals surface area (Å²) in [5.74, 6) is 1.48. The molecular weight excluding hydrogens is 310 g/mol. The number of nitrogens with one attached hydrogen (secondary N) is 2. The first-order valence-corrected chi connectivity index (χ1v) is 8.67. The Bertz CT molecular complexity index is 709. The molecule has 0 spiro atoms. The van der Waals surface area contributed by atoms with Crippen molar-refractivity contribution in [1.29, 1.82) is 0 Å². The van der Waals surface area contributed by atoms with Crippen molar-refractivity contribution >= 4 is 23.5 Å². The highest BCUT2D eigenvalue weighted by atomic mass is 32.2. The van der Waals surface area contributed by atoms with Gasteiger partial charge in [0, 0.05) is 11.3 Å². The molecule has 5 nitrogen and oxygen atoms in total. The van der Waals surface area contributed by atoms with E-state index in [1.54, 1.807) is 11.8 Å². The lowest BCUT2D eigenvalue weighted by atomic mass is 10.0. The molecule has 1 amide bonds. The number of nitrogens with zero attached hydrogens (tertiary/aromatic N) is 1. The third kappa shape index (κ3) is 3.22. The maximum atomic E-state index is 12.1. The van der Waals surface area contributed by atoms with Crippen LogP contribution in [-0.4, -0.2) is 27.5 Å². The summed E-state index contributed by atoms with van der Waals surface area (Å²) in [5, 5.41) is 10.0. The van der Waals surface area contributed by atoms with Gasteiger partial charge in [-0.2, -0.15) is 5.10 Å². The van der Waals surface area contributed by atoms with Crippen LogP contribution in [0.2, 0.25) is 0 Å². The number of aromatic nitrogens is 2. The number of aromatic amines is 1. The predicted molar refractivity (Wildman–Crippen MR) is 93.1 cm³/mol. The van der Waals surface area contributed by atoms with Crippen LogP contribution in [0.25, 0.3) is 0 Å². The summed E-state index contributed by atoms with van der Waals surface area (Å²) >= 11 is 1.64. The molecule has 2 N–H and O–H groups in total. The van der Waals surface area contributed by atoms with Crippen LogP contribution in [0.1, 0.15) is 42.8 Å². The van der Waals surface area contributed by atoms with Crippen LogP contribution in [0.3, 0.4) is 0 Å². The fourth-order valence-corrected chi connectivity index (χ4v) is 3.97. The van der Waals surface area contributed by atoms with Gasteiger partial charge in [0.15, 0.2) is 5.82 Å². The molecule has 23 heavy (non-hydrogen) atoms. The number of fused-ring (bicyclic) bond motifs is 1. The summed E-state index contributed by atoms with van der Waals surface area (Å²) in [5.41, 5.74) is 3.17. The monoisotopic (exact) mass is 331 g/mol. The third-order valence-corrected chi connectivity index (χ3v) is 5.16. The minimum atomic E-state index is -0.139. The van der Waals surface area contributed by atoms with E-state index in [1.807, 2.05) is 39.8 Å². The second kappa shape index (κ2) is 6.28. The first-order valence-electron chi connectivity index (χ1n) is 7.73. The van der Waals surface area contributed by atoms with Gasteiger partial charge in [-0.05, 0) is 45.4 Å². The van der Waals surface area contributed by atoms with E-state index < -0.39 is 0 Å².